The summed E-state index contributed by atoms with van der Waals surface area (Å²) in [5.74, 6) is -0.242. The highest BCUT2D eigenvalue weighted by molar-refractivity contribution is 5.89. The van der Waals surface area contributed by atoms with Crippen LogP contribution in [-0.2, 0) is 10.3 Å². The van der Waals surface area contributed by atoms with E-state index in [0.29, 0.717) is 5.56 Å². The SMILES string of the molecule is CN1CCC(OC(=O)c2ccccc2)(c2ccccc2)CC1.Cl. The van der Waals surface area contributed by atoms with E-state index in [4.69, 9.17) is 4.74 Å². The zero-order valence-electron chi connectivity index (χ0n) is 13.3. The van der Waals surface area contributed by atoms with Crippen LogP contribution in [0.2, 0.25) is 0 Å². The molecule has 3 rings (SSSR count). The lowest BCUT2D eigenvalue weighted by atomic mass is 9.84. The van der Waals surface area contributed by atoms with Crippen molar-refractivity contribution >= 4 is 18.4 Å². The van der Waals surface area contributed by atoms with Gasteiger partial charge in [0.05, 0.1) is 5.56 Å². The minimum Gasteiger partial charge on any atom is -0.450 e. The molecule has 0 saturated carbocycles. The summed E-state index contributed by atoms with van der Waals surface area (Å²) in [4.78, 5) is 14.8. The van der Waals surface area contributed by atoms with Gasteiger partial charge < -0.3 is 9.64 Å². The lowest BCUT2D eigenvalue weighted by molar-refractivity contribution is -0.0523. The maximum Gasteiger partial charge on any atom is 0.339 e. The Bertz CT molecular complexity index is 622. The van der Waals surface area contributed by atoms with Crippen molar-refractivity contribution in [2.75, 3.05) is 20.1 Å². The highest BCUT2D eigenvalue weighted by atomic mass is 35.5. The number of rotatable bonds is 3. The summed E-state index contributed by atoms with van der Waals surface area (Å²) in [5.41, 5.74) is 1.19. The van der Waals surface area contributed by atoms with E-state index in [1.54, 1.807) is 12.1 Å². The largest absolute Gasteiger partial charge is 0.450 e. The fourth-order valence-electron chi connectivity index (χ4n) is 2.98. The van der Waals surface area contributed by atoms with Crippen molar-refractivity contribution in [2.45, 2.75) is 18.4 Å². The number of ether oxygens (including phenoxy) is 1. The predicted octanol–water partition coefficient (Wildman–Crippen LogP) is 3.89. The van der Waals surface area contributed by atoms with E-state index in [1.807, 2.05) is 36.4 Å². The quantitative estimate of drug-likeness (QED) is 0.799. The molecule has 0 spiro atoms. The summed E-state index contributed by atoms with van der Waals surface area (Å²) in [6.07, 6.45) is 1.65. The summed E-state index contributed by atoms with van der Waals surface area (Å²) >= 11 is 0. The third-order valence-electron chi connectivity index (χ3n) is 4.39. The predicted molar refractivity (Wildman–Crippen MR) is 94.0 cm³/mol. The van der Waals surface area contributed by atoms with Gasteiger partial charge in [0, 0.05) is 25.9 Å². The molecule has 3 nitrogen and oxygen atoms in total. The van der Waals surface area contributed by atoms with Gasteiger partial charge in [-0.05, 0) is 24.7 Å². The fourth-order valence-corrected chi connectivity index (χ4v) is 2.98. The Morgan fingerprint density at radius 3 is 2.04 bits per heavy atom. The summed E-state index contributed by atoms with van der Waals surface area (Å²) in [5, 5.41) is 0. The average Bonchev–Trinajstić information content (AvgIpc) is 2.59. The van der Waals surface area contributed by atoms with Crippen LogP contribution in [0.1, 0.15) is 28.8 Å². The number of esters is 1. The molecule has 4 heteroatoms. The average molecular weight is 332 g/mol. The van der Waals surface area contributed by atoms with Crippen molar-refractivity contribution in [3.05, 3.63) is 71.8 Å². The van der Waals surface area contributed by atoms with Crippen molar-refractivity contribution in [3.8, 4) is 0 Å². The Morgan fingerprint density at radius 2 is 1.48 bits per heavy atom. The first kappa shape index (κ1) is 17.5. The van der Waals surface area contributed by atoms with E-state index in [2.05, 4.69) is 24.1 Å². The van der Waals surface area contributed by atoms with E-state index in [0.717, 1.165) is 31.5 Å². The molecule has 0 amide bonds. The smallest absolute Gasteiger partial charge is 0.339 e. The Kier molecular flexibility index (Phi) is 5.80. The van der Waals surface area contributed by atoms with Gasteiger partial charge in [-0.25, -0.2) is 4.79 Å². The first-order valence-electron chi connectivity index (χ1n) is 7.72. The van der Waals surface area contributed by atoms with E-state index in [-0.39, 0.29) is 18.4 Å². The van der Waals surface area contributed by atoms with Gasteiger partial charge in [-0.1, -0.05) is 48.5 Å². The van der Waals surface area contributed by atoms with Crippen molar-refractivity contribution < 1.29 is 9.53 Å². The van der Waals surface area contributed by atoms with Crippen LogP contribution in [-0.4, -0.2) is 31.0 Å². The topological polar surface area (TPSA) is 29.5 Å². The monoisotopic (exact) mass is 331 g/mol. The molecular formula is C19H22ClNO2. The molecule has 1 aliphatic heterocycles. The van der Waals surface area contributed by atoms with Crippen LogP contribution in [0.3, 0.4) is 0 Å². The number of hydrogen-bond donors (Lipinski definition) is 0. The molecule has 0 N–H and O–H groups in total. The van der Waals surface area contributed by atoms with Crippen LogP contribution in [0.15, 0.2) is 60.7 Å². The minimum atomic E-state index is -0.513. The third kappa shape index (κ3) is 3.92. The second-order valence-electron chi connectivity index (χ2n) is 5.92. The van der Waals surface area contributed by atoms with Gasteiger partial charge in [0.25, 0.3) is 0 Å². The van der Waals surface area contributed by atoms with Gasteiger partial charge in [-0.3, -0.25) is 0 Å². The van der Waals surface area contributed by atoms with Crippen molar-refractivity contribution in [2.24, 2.45) is 0 Å². The summed E-state index contributed by atoms with van der Waals surface area (Å²) < 4.78 is 6.03. The molecule has 1 fully saturated rings. The Balaban J connectivity index is 0.00000192. The van der Waals surface area contributed by atoms with Crippen LogP contribution in [0.25, 0.3) is 0 Å². The number of carbonyl (C=O) groups excluding carboxylic acids is 1. The van der Waals surface area contributed by atoms with Gasteiger partial charge in [0.15, 0.2) is 0 Å². The van der Waals surface area contributed by atoms with Gasteiger partial charge in [-0.2, -0.15) is 0 Å². The molecule has 23 heavy (non-hydrogen) atoms. The van der Waals surface area contributed by atoms with Gasteiger partial charge in [0.2, 0.25) is 0 Å². The van der Waals surface area contributed by atoms with Crippen LogP contribution in [0, 0.1) is 0 Å². The Morgan fingerprint density at radius 1 is 0.957 bits per heavy atom. The molecule has 0 bridgehead atoms. The molecule has 2 aromatic carbocycles. The van der Waals surface area contributed by atoms with Crippen molar-refractivity contribution in [1.29, 1.82) is 0 Å². The van der Waals surface area contributed by atoms with E-state index < -0.39 is 5.60 Å². The minimum absolute atomic E-state index is 0. The Hall–Kier alpha value is -1.84. The molecule has 2 aromatic rings. The van der Waals surface area contributed by atoms with Crippen molar-refractivity contribution in [1.82, 2.24) is 4.90 Å². The van der Waals surface area contributed by atoms with E-state index in [1.165, 1.54) is 0 Å². The van der Waals surface area contributed by atoms with Crippen LogP contribution < -0.4 is 0 Å². The standard InChI is InChI=1S/C19H21NO2.ClH/c1-20-14-12-19(13-15-20,17-10-6-3-7-11-17)22-18(21)16-8-4-2-5-9-16;/h2-11H,12-15H2,1H3;1H. The lowest BCUT2D eigenvalue weighted by Gasteiger charge is -2.40. The molecule has 0 aliphatic carbocycles. The fraction of sp³-hybridized carbons (Fsp3) is 0.316. The molecule has 0 aromatic heterocycles. The van der Waals surface area contributed by atoms with E-state index >= 15 is 0 Å². The number of nitrogens with zero attached hydrogens (tertiary/aromatic N) is 1. The molecule has 0 atom stereocenters. The maximum absolute atomic E-state index is 12.5. The summed E-state index contributed by atoms with van der Waals surface area (Å²) in [7, 11) is 2.11. The van der Waals surface area contributed by atoms with Gasteiger partial charge >= 0.3 is 5.97 Å². The molecule has 0 unspecified atom stereocenters. The second-order valence-corrected chi connectivity index (χ2v) is 5.92. The molecule has 1 aliphatic rings. The number of likely N-dealkylation sites (tertiary alicyclic amines) is 1. The first-order valence-corrected chi connectivity index (χ1v) is 7.72. The van der Waals surface area contributed by atoms with E-state index in [9.17, 15) is 4.79 Å². The maximum atomic E-state index is 12.5. The Labute approximate surface area is 143 Å². The number of piperidine rings is 1. The second kappa shape index (κ2) is 7.62. The normalized spacial score (nSPS) is 17.1. The third-order valence-corrected chi connectivity index (χ3v) is 4.39. The van der Waals surface area contributed by atoms with Crippen LogP contribution >= 0.6 is 12.4 Å². The molecule has 1 heterocycles. The van der Waals surface area contributed by atoms with Gasteiger partial charge in [-0.15, -0.1) is 12.4 Å². The number of hydrogen-bond acceptors (Lipinski definition) is 3. The highest BCUT2D eigenvalue weighted by Crippen LogP contribution is 2.37. The lowest BCUT2D eigenvalue weighted by Crippen LogP contribution is -2.43. The number of benzene rings is 2. The van der Waals surface area contributed by atoms with Crippen LogP contribution in [0.5, 0.6) is 0 Å². The zero-order valence-corrected chi connectivity index (χ0v) is 14.1. The first-order chi connectivity index (χ1) is 10.7. The molecule has 122 valence electrons. The number of halogens is 1. The zero-order chi connectivity index (χ0) is 15.4. The number of carbonyl (C=O) groups is 1. The van der Waals surface area contributed by atoms with Crippen molar-refractivity contribution in [3.63, 3.8) is 0 Å². The highest BCUT2D eigenvalue weighted by Gasteiger charge is 2.39. The molecule has 0 radical (unpaired) electrons. The van der Waals surface area contributed by atoms with Gasteiger partial charge in [0.1, 0.15) is 5.60 Å². The summed E-state index contributed by atoms with van der Waals surface area (Å²) in [6.45, 7) is 1.86. The molecule has 1 saturated heterocycles. The molecular weight excluding hydrogens is 310 g/mol. The summed E-state index contributed by atoms with van der Waals surface area (Å²) in [6, 6.07) is 19.3. The van der Waals surface area contributed by atoms with Crippen LogP contribution in [0.4, 0.5) is 0 Å².